The molecule has 39 heavy (non-hydrogen) atoms. The van der Waals surface area contributed by atoms with E-state index in [1.54, 1.807) is 24.3 Å². The fourth-order valence-corrected chi connectivity index (χ4v) is 5.07. The van der Waals surface area contributed by atoms with Crippen molar-refractivity contribution in [1.29, 1.82) is 0 Å². The number of nitrogens with one attached hydrogen (secondary N) is 1. The lowest BCUT2D eigenvalue weighted by molar-refractivity contribution is -0.137. The number of fused-ring (bicyclic) bond motifs is 1. The highest BCUT2D eigenvalue weighted by molar-refractivity contribution is 7.92. The number of rotatable bonds is 5. The maximum atomic E-state index is 13.7. The highest BCUT2D eigenvalue weighted by atomic mass is 32.2. The molecule has 0 bridgehead atoms. The van der Waals surface area contributed by atoms with Gasteiger partial charge < -0.3 is 19.5 Å². The molecule has 2 heterocycles. The number of hydrogen-bond donors (Lipinski definition) is 2. The minimum atomic E-state index is -4.58. The van der Waals surface area contributed by atoms with Crippen molar-refractivity contribution in [1.82, 2.24) is 0 Å². The molecule has 0 fully saturated rings. The van der Waals surface area contributed by atoms with Gasteiger partial charge in [0, 0.05) is 23.4 Å². The summed E-state index contributed by atoms with van der Waals surface area (Å²) in [5.41, 5.74) is 1.55. The van der Waals surface area contributed by atoms with E-state index in [9.17, 15) is 31.5 Å². The number of hydrogen-bond acceptors (Lipinski definition) is 6. The second-order valence-corrected chi connectivity index (χ2v) is 10.9. The lowest BCUT2D eigenvalue weighted by Crippen LogP contribution is -2.37. The Morgan fingerprint density at radius 3 is 2.44 bits per heavy atom. The SMILES string of the molecule is CS(=O)(=O)Nc1cc(N2CCc3cc(-c4cc(C5=COCCO5)cc(C(F)(F)F)c4)ccc3C2=O)ccc1O. The van der Waals surface area contributed by atoms with Crippen LogP contribution < -0.4 is 9.62 Å². The third kappa shape index (κ3) is 5.65. The summed E-state index contributed by atoms with van der Waals surface area (Å²) in [6.45, 7) is 0.775. The van der Waals surface area contributed by atoms with Crippen LogP contribution in [0.3, 0.4) is 0 Å². The van der Waals surface area contributed by atoms with Crippen LogP contribution in [0, 0.1) is 0 Å². The summed E-state index contributed by atoms with van der Waals surface area (Å²) in [5.74, 6) is -0.447. The number of alkyl halides is 3. The monoisotopic (exact) mass is 560 g/mol. The third-order valence-electron chi connectivity index (χ3n) is 6.30. The lowest BCUT2D eigenvalue weighted by atomic mass is 9.92. The van der Waals surface area contributed by atoms with Crippen LogP contribution in [0.25, 0.3) is 16.9 Å². The van der Waals surface area contributed by atoms with Crippen molar-refractivity contribution in [2.75, 3.05) is 35.6 Å². The van der Waals surface area contributed by atoms with Crippen LogP contribution in [0.5, 0.6) is 5.75 Å². The summed E-state index contributed by atoms with van der Waals surface area (Å²) in [4.78, 5) is 14.8. The molecule has 0 saturated carbocycles. The van der Waals surface area contributed by atoms with Gasteiger partial charge >= 0.3 is 6.18 Å². The van der Waals surface area contributed by atoms with E-state index in [1.807, 2.05) is 0 Å². The average molecular weight is 561 g/mol. The molecule has 0 radical (unpaired) electrons. The van der Waals surface area contributed by atoms with Crippen LogP contribution in [-0.2, 0) is 32.1 Å². The summed E-state index contributed by atoms with van der Waals surface area (Å²) in [5, 5.41) is 10.0. The van der Waals surface area contributed by atoms with Gasteiger partial charge in [-0.25, -0.2) is 8.42 Å². The fourth-order valence-electron chi connectivity index (χ4n) is 4.51. The molecule has 0 aliphatic carbocycles. The van der Waals surface area contributed by atoms with E-state index >= 15 is 0 Å². The molecular weight excluding hydrogens is 537 g/mol. The van der Waals surface area contributed by atoms with Gasteiger partial charge in [0.15, 0.2) is 5.76 Å². The molecule has 0 saturated heterocycles. The Bertz CT molecular complexity index is 1600. The zero-order chi connectivity index (χ0) is 27.9. The third-order valence-corrected chi connectivity index (χ3v) is 6.89. The Morgan fingerprint density at radius 1 is 0.974 bits per heavy atom. The molecule has 0 aromatic heterocycles. The van der Waals surface area contributed by atoms with Crippen LogP contribution in [-0.4, -0.2) is 45.4 Å². The highest BCUT2D eigenvalue weighted by Crippen LogP contribution is 2.37. The number of aromatic hydroxyl groups is 1. The number of carbonyl (C=O) groups is 1. The van der Waals surface area contributed by atoms with Crippen LogP contribution in [0.2, 0.25) is 0 Å². The minimum absolute atomic E-state index is 0.0632. The van der Waals surface area contributed by atoms with E-state index in [-0.39, 0.29) is 41.8 Å². The molecule has 0 spiro atoms. The first-order chi connectivity index (χ1) is 18.4. The van der Waals surface area contributed by atoms with Gasteiger partial charge in [-0.3, -0.25) is 9.52 Å². The van der Waals surface area contributed by atoms with Gasteiger partial charge in [-0.15, -0.1) is 0 Å². The topological polar surface area (TPSA) is 105 Å². The number of carbonyl (C=O) groups excluding carboxylic acids is 1. The molecule has 8 nitrogen and oxygen atoms in total. The first-order valence-electron chi connectivity index (χ1n) is 11.8. The van der Waals surface area contributed by atoms with Gasteiger partial charge in [0.1, 0.15) is 25.2 Å². The molecular formula is C27H23F3N2O6S. The van der Waals surface area contributed by atoms with E-state index < -0.39 is 21.8 Å². The van der Waals surface area contributed by atoms with Gasteiger partial charge in [-0.05, 0) is 65.6 Å². The molecule has 2 aliphatic rings. The Hall–Kier alpha value is -4.19. The van der Waals surface area contributed by atoms with E-state index in [2.05, 4.69) is 4.72 Å². The fraction of sp³-hybridized carbons (Fsp3) is 0.222. The first kappa shape index (κ1) is 26.4. The number of anilines is 2. The molecule has 3 aromatic rings. The van der Waals surface area contributed by atoms with Crippen molar-refractivity contribution in [2.45, 2.75) is 12.6 Å². The van der Waals surface area contributed by atoms with Gasteiger partial charge in [-0.1, -0.05) is 12.1 Å². The van der Waals surface area contributed by atoms with Crippen LogP contribution >= 0.6 is 0 Å². The number of amides is 1. The molecule has 1 amide bonds. The number of nitrogens with zero attached hydrogens (tertiary/aromatic N) is 1. The predicted octanol–water partition coefficient (Wildman–Crippen LogP) is 5.00. The molecule has 204 valence electrons. The van der Waals surface area contributed by atoms with Gasteiger partial charge in [0.25, 0.3) is 5.91 Å². The zero-order valence-corrected chi connectivity index (χ0v) is 21.4. The number of halogens is 3. The predicted molar refractivity (Wildman–Crippen MR) is 139 cm³/mol. The quantitative estimate of drug-likeness (QED) is 0.426. The van der Waals surface area contributed by atoms with Gasteiger partial charge in [0.05, 0.1) is 17.5 Å². The van der Waals surface area contributed by atoms with Crippen LogP contribution in [0.4, 0.5) is 24.5 Å². The Morgan fingerprint density at radius 2 is 1.74 bits per heavy atom. The van der Waals surface area contributed by atoms with Gasteiger partial charge in [-0.2, -0.15) is 13.2 Å². The van der Waals surface area contributed by atoms with Crippen molar-refractivity contribution in [3.63, 3.8) is 0 Å². The molecule has 2 N–H and O–H groups in total. The van der Waals surface area contributed by atoms with Crippen molar-refractivity contribution in [2.24, 2.45) is 0 Å². The summed E-state index contributed by atoms with van der Waals surface area (Å²) >= 11 is 0. The van der Waals surface area contributed by atoms with Crippen molar-refractivity contribution in [3.8, 4) is 16.9 Å². The Balaban J connectivity index is 1.48. The summed E-state index contributed by atoms with van der Waals surface area (Å²) in [6, 6.07) is 12.6. The average Bonchev–Trinajstić information content (AvgIpc) is 2.89. The summed E-state index contributed by atoms with van der Waals surface area (Å²) in [7, 11) is -3.67. The summed E-state index contributed by atoms with van der Waals surface area (Å²) < 4.78 is 77.3. The van der Waals surface area contributed by atoms with Crippen molar-refractivity contribution in [3.05, 3.63) is 83.1 Å². The number of benzene rings is 3. The summed E-state index contributed by atoms with van der Waals surface area (Å²) in [6.07, 6.45) is -1.94. The Kier molecular flexibility index (Phi) is 6.67. The standard InChI is InChI=1S/C27H23F3N2O6S/c1-39(35,36)31-23-14-21(3-5-24(23)33)32-7-6-17-10-16(2-4-22(17)26(32)34)18-11-19(25-15-37-8-9-38-25)13-20(12-18)27(28,29)30/h2-5,10-15,31,33H,6-9H2,1H3. The van der Waals surface area contributed by atoms with E-state index in [0.717, 1.165) is 18.4 Å². The van der Waals surface area contributed by atoms with E-state index in [0.29, 0.717) is 41.0 Å². The normalized spacial score (nSPS) is 15.6. The smallest absolute Gasteiger partial charge is 0.416 e. The minimum Gasteiger partial charge on any atom is -0.506 e. The molecule has 2 aliphatic heterocycles. The number of ether oxygens (including phenoxy) is 2. The van der Waals surface area contributed by atoms with E-state index in [4.69, 9.17) is 9.47 Å². The number of phenolic OH excluding ortho intramolecular Hbond substituents is 1. The molecule has 3 aromatic carbocycles. The maximum Gasteiger partial charge on any atom is 0.416 e. The van der Waals surface area contributed by atoms with Crippen LogP contribution in [0.15, 0.2) is 60.9 Å². The molecule has 12 heteroatoms. The second kappa shape index (κ2) is 9.84. The zero-order valence-electron chi connectivity index (χ0n) is 20.6. The van der Waals surface area contributed by atoms with Crippen molar-refractivity contribution >= 4 is 33.1 Å². The lowest BCUT2D eigenvalue weighted by Gasteiger charge is -2.29. The van der Waals surface area contributed by atoms with Crippen molar-refractivity contribution < 1.29 is 41.0 Å². The van der Waals surface area contributed by atoms with Gasteiger partial charge in [0.2, 0.25) is 10.0 Å². The first-order valence-corrected chi connectivity index (χ1v) is 13.7. The molecule has 0 unspecified atom stereocenters. The largest absolute Gasteiger partial charge is 0.506 e. The Labute approximate surface area is 222 Å². The maximum absolute atomic E-state index is 13.7. The van der Waals surface area contributed by atoms with Crippen LogP contribution in [0.1, 0.15) is 27.0 Å². The number of sulfonamides is 1. The second-order valence-electron chi connectivity index (χ2n) is 9.15. The van der Waals surface area contributed by atoms with E-state index in [1.165, 1.54) is 29.4 Å². The number of phenols is 1. The molecule has 0 atom stereocenters. The molecule has 5 rings (SSSR count). The highest BCUT2D eigenvalue weighted by Gasteiger charge is 2.32.